The molecule has 3 heterocycles. The molecule has 126 valence electrons. The highest BCUT2D eigenvalue weighted by molar-refractivity contribution is 7.22. The summed E-state index contributed by atoms with van der Waals surface area (Å²) in [6.07, 6.45) is 0. The third-order valence-electron chi connectivity index (χ3n) is 4.33. The van der Waals surface area contributed by atoms with Gasteiger partial charge in [-0.25, -0.2) is 9.78 Å². The van der Waals surface area contributed by atoms with E-state index in [0.29, 0.717) is 27.8 Å². The fourth-order valence-electron chi connectivity index (χ4n) is 3.16. The summed E-state index contributed by atoms with van der Waals surface area (Å²) in [4.78, 5) is 18.2. The van der Waals surface area contributed by atoms with Gasteiger partial charge in [-0.2, -0.15) is 0 Å². The number of rotatable bonds is 1. The van der Waals surface area contributed by atoms with Crippen LogP contribution in [0.1, 0.15) is 16.8 Å². The summed E-state index contributed by atoms with van der Waals surface area (Å²) >= 11 is 1.44. The molecule has 0 saturated carbocycles. The molecule has 25 heavy (non-hydrogen) atoms. The third-order valence-corrected chi connectivity index (χ3v) is 5.46. The van der Waals surface area contributed by atoms with Crippen LogP contribution in [-0.4, -0.2) is 10.1 Å². The zero-order valence-electron chi connectivity index (χ0n) is 14.0. The molecule has 5 nitrogen and oxygen atoms in total. The fraction of sp³-hybridized carbons (Fsp3) is 0.158. The average molecular weight is 352 g/mol. The Balaban J connectivity index is 2.13. The highest BCUT2D eigenvalue weighted by Gasteiger charge is 2.18. The van der Waals surface area contributed by atoms with Crippen molar-refractivity contribution in [2.45, 2.75) is 20.8 Å². The van der Waals surface area contributed by atoms with E-state index in [1.54, 1.807) is 19.1 Å². The van der Waals surface area contributed by atoms with Crippen molar-refractivity contribution in [2.75, 3.05) is 5.73 Å². The van der Waals surface area contributed by atoms with Gasteiger partial charge in [0.15, 0.2) is 0 Å². The number of nitrogen functional groups attached to an aromatic ring is 1. The first-order chi connectivity index (χ1) is 11.8. The van der Waals surface area contributed by atoms with E-state index in [9.17, 15) is 9.90 Å². The van der Waals surface area contributed by atoms with Crippen molar-refractivity contribution in [3.8, 4) is 16.2 Å². The molecule has 0 amide bonds. The van der Waals surface area contributed by atoms with Gasteiger partial charge in [-0.1, -0.05) is 0 Å². The van der Waals surface area contributed by atoms with Crippen molar-refractivity contribution in [3.63, 3.8) is 0 Å². The lowest BCUT2D eigenvalue weighted by atomic mass is 10.0. The average Bonchev–Trinajstić information content (AvgIpc) is 2.85. The van der Waals surface area contributed by atoms with Crippen LogP contribution in [-0.2, 0) is 0 Å². The Labute approximate surface area is 147 Å². The molecule has 0 radical (unpaired) electrons. The van der Waals surface area contributed by atoms with E-state index in [-0.39, 0.29) is 5.75 Å². The SMILES string of the molecule is Cc1cc(C)c2c(N)c(-c3cc(=O)oc4cc(C)c(O)cc34)sc2n1. The molecule has 0 fully saturated rings. The standard InChI is InChI=1S/C19H16N2O3S/c1-8-5-14-11(6-13(8)22)12(7-15(23)24-14)18-17(20)16-9(2)4-10(3)21-19(16)25-18/h4-7,22H,20H2,1-3H3. The normalized spacial score (nSPS) is 11.5. The molecule has 0 atom stereocenters. The number of hydrogen-bond donors (Lipinski definition) is 2. The lowest BCUT2D eigenvalue weighted by molar-refractivity contribution is 0.471. The molecule has 0 spiro atoms. The predicted octanol–water partition coefficient (Wildman–Crippen LogP) is 4.28. The molecule has 0 saturated heterocycles. The predicted molar refractivity (Wildman–Crippen MR) is 101 cm³/mol. The molecule has 1 aromatic carbocycles. The summed E-state index contributed by atoms with van der Waals surface area (Å²) in [5, 5.41) is 11.6. The Morgan fingerprint density at radius 2 is 1.88 bits per heavy atom. The van der Waals surface area contributed by atoms with Crippen LogP contribution in [0.2, 0.25) is 0 Å². The number of fused-ring (bicyclic) bond motifs is 2. The Hall–Kier alpha value is -2.86. The molecule has 0 unspecified atom stereocenters. The second kappa shape index (κ2) is 5.32. The molecule has 0 aliphatic heterocycles. The van der Waals surface area contributed by atoms with Crippen LogP contribution >= 0.6 is 11.3 Å². The highest BCUT2D eigenvalue weighted by atomic mass is 32.1. The van der Waals surface area contributed by atoms with E-state index >= 15 is 0 Å². The van der Waals surface area contributed by atoms with Crippen LogP contribution in [0.3, 0.4) is 0 Å². The maximum Gasteiger partial charge on any atom is 0.336 e. The Bertz CT molecular complexity index is 1220. The molecule has 3 aromatic heterocycles. The number of phenols is 1. The van der Waals surface area contributed by atoms with Crippen molar-refractivity contribution in [2.24, 2.45) is 0 Å². The van der Waals surface area contributed by atoms with Gasteiger partial charge in [0.25, 0.3) is 0 Å². The molecule has 0 aliphatic carbocycles. The minimum atomic E-state index is -0.453. The van der Waals surface area contributed by atoms with Gasteiger partial charge in [0, 0.05) is 28.1 Å². The van der Waals surface area contributed by atoms with Crippen LogP contribution < -0.4 is 11.4 Å². The summed E-state index contributed by atoms with van der Waals surface area (Å²) in [6.45, 7) is 5.69. The number of nitrogens with zero attached hydrogens (tertiary/aromatic N) is 1. The van der Waals surface area contributed by atoms with Gasteiger partial charge in [0.1, 0.15) is 16.2 Å². The van der Waals surface area contributed by atoms with Crippen molar-refractivity contribution in [3.05, 3.63) is 51.5 Å². The molecule has 3 N–H and O–H groups in total. The molecular formula is C19H16N2O3S. The molecule has 4 aromatic rings. The second-order valence-corrected chi connectivity index (χ2v) is 7.22. The van der Waals surface area contributed by atoms with Crippen molar-refractivity contribution in [1.29, 1.82) is 0 Å². The third kappa shape index (κ3) is 2.37. The lowest BCUT2D eigenvalue weighted by Crippen LogP contribution is -1.99. The smallest absolute Gasteiger partial charge is 0.336 e. The minimum absolute atomic E-state index is 0.146. The van der Waals surface area contributed by atoms with Gasteiger partial charge < -0.3 is 15.3 Å². The molecule has 6 heteroatoms. The monoisotopic (exact) mass is 352 g/mol. The first-order valence-electron chi connectivity index (χ1n) is 7.79. The second-order valence-electron chi connectivity index (χ2n) is 6.22. The minimum Gasteiger partial charge on any atom is -0.508 e. The number of aromatic nitrogens is 1. The van der Waals surface area contributed by atoms with E-state index in [0.717, 1.165) is 26.4 Å². The van der Waals surface area contributed by atoms with Crippen LogP contribution in [0, 0.1) is 20.8 Å². The number of aromatic hydroxyl groups is 1. The lowest BCUT2D eigenvalue weighted by Gasteiger charge is -2.07. The molecule has 0 aliphatic rings. The molecular weight excluding hydrogens is 336 g/mol. The largest absolute Gasteiger partial charge is 0.508 e. The maximum atomic E-state index is 12.0. The van der Waals surface area contributed by atoms with Crippen LogP contribution in [0.15, 0.2) is 33.5 Å². The van der Waals surface area contributed by atoms with Crippen molar-refractivity contribution >= 4 is 38.2 Å². The van der Waals surface area contributed by atoms with E-state index in [1.807, 2.05) is 19.9 Å². The topological polar surface area (TPSA) is 89.4 Å². The number of pyridine rings is 1. The van der Waals surface area contributed by atoms with Crippen LogP contribution in [0.4, 0.5) is 5.69 Å². The summed E-state index contributed by atoms with van der Waals surface area (Å²) < 4.78 is 5.30. The van der Waals surface area contributed by atoms with E-state index in [2.05, 4.69) is 4.98 Å². The fourth-order valence-corrected chi connectivity index (χ4v) is 4.40. The van der Waals surface area contributed by atoms with Gasteiger partial charge in [-0.15, -0.1) is 11.3 Å². The number of aryl methyl sites for hydroxylation is 3. The summed E-state index contributed by atoms with van der Waals surface area (Å²) in [7, 11) is 0. The summed E-state index contributed by atoms with van der Waals surface area (Å²) in [6, 6.07) is 6.67. The van der Waals surface area contributed by atoms with Gasteiger partial charge in [0.2, 0.25) is 0 Å². The Morgan fingerprint density at radius 3 is 2.64 bits per heavy atom. The quantitative estimate of drug-likeness (QED) is 0.499. The maximum absolute atomic E-state index is 12.0. The first kappa shape index (κ1) is 15.7. The van der Waals surface area contributed by atoms with Crippen molar-refractivity contribution < 1.29 is 9.52 Å². The van der Waals surface area contributed by atoms with Gasteiger partial charge >= 0.3 is 5.63 Å². The number of phenolic OH excluding ortho intramolecular Hbond substituents is 1. The van der Waals surface area contributed by atoms with E-state index < -0.39 is 5.63 Å². The zero-order chi connectivity index (χ0) is 17.9. The van der Waals surface area contributed by atoms with Crippen molar-refractivity contribution in [1.82, 2.24) is 4.98 Å². The van der Waals surface area contributed by atoms with E-state index in [1.165, 1.54) is 17.4 Å². The number of anilines is 1. The van der Waals surface area contributed by atoms with E-state index in [4.69, 9.17) is 10.2 Å². The molecule has 4 rings (SSSR count). The Morgan fingerprint density at radius 1 is 1.12 bits per heavy atom. The number of thiophene rings is 1. The zero-order valence-corrected chi connectivity index (χ0v) is 14.8. The number of nitrogens with two attached hydrogens (primary N) is 1. The molecule has 0 bridgehead atoms. The van der Waals surface area contributed by atoms with Crippen LogP contribution in [0.5, 0.6) is 5.75 Å². The highest BCUT2D eigenvalue weighted by Crippen LogP contribution is 2.44. The van der Waals surface area contributed by atoms with Gasteiger partial charge in [-0.05, 0) is 50.1 Å². The summed E-state index contributed by atoms with van der Waals surface area (Å²) in [5.41, 5.74) is 10.2. The first-order valence-corrected chi connectivity index (χ1v) is 8.61. The van der Waals surface area contributed by atoms with Gasteiger partial charge in [-0.3, -0.25) is 0 Å². The van der Waals surface area contributed by atoms with Gasteiger partial charge in [0.05, 0.1) is 10.6 Å². The number of benzene rings is 1. The Kier molecular flexibility index (Phi) is 3.33. The summed E-state index contributed by atoms with van der Waals surface area (Å²) in [5.74, 6) is 0.146. The van der Waals surface area contributed by atoms with Crippen LogP contribution in [0.25, 0.3) is 31.6 Å². The number of hydrogen-bond acceptors (Lipinski definition) is 6.